The number of hydrogen-bond donors (Lipinski definition) is 1. The van der Waals surface area contributed by atoms with Gasteiger partial charge in [0, 0.05) is 29.9 Å². The van der Waals surface area contributed by atoms with Gasteiger partial charge in [-0.25, -0.2) is 0 Å². The van der Waals surface area contributed by atoms with Crippen molar-refractivity contribution in [2.75, 3.05) is 5.32 Å². The van der Waals surface area contributed by atoms with Crippen molar-refractivity contribution in [3.05, 3.63) is 72.3 Å². The zero-order valence-corrected chi connectivity index (χ0v) is 10.2. The van der Waals surface area contributed by atoms with E-state index in [1.807, 2.05) is 42.5 Å². The molecule has 3 rings (SSSR count). The highest BCUT2D eigenvalue weighted by Crippen LogP contribution is 2.16. The van der Waals surface area contributed by atoms with E-state index in [1.165, 1.54) is 6.20 Å². The fraction of sp³-hybridized carbons (Fsp3) is 0. The molecule has 1 N–H and O–H groups in total. The largest absolute Gasteiger partial charge is 0.351 e. The highest BCUT2D eigenvalue weighted by Gasteiger charge is 2.03. The van der Waals surface area contributed by atoms with Crippen LogP contribution in [-0.4, -0.2) is 17.5 Å². The number of rotatable bonds is 1. The van der Waals surface area contributed by atoms with E-state index < -0.39 is 0 Å². The molecule has 0 radical (unpaired) electrons. The Morgan fingerprint density at radius 3 is 2.42 bits per heavy atom. The van der Waals surface area contributed by atoms with E-state index in [4.69, 9.17) is 0 Å². The van der Waals surface area contributed by atoms with Gasteiger partial charge in [-0.05, 0) is 18.2 Å². The zero-order chi connectivity index (χ0) is 13.3. The molecule has 19 heavy (non-hydrogen) atoms. The molecule has 0 spiro atoms. The molecule has 2 heterocycles. The summed E-state index contributed by atoms with van der Waals surface area (Å²) >= 11 is 0. The van der Waals surface area contributed by atoms with Crippen molar-refractivity contribution in [2.24, 2.45) is 4.99 Å². The summed E-state index contributed by atoms with van der Waals surface area (Å²) in [6.07, 6.45) is 7.48. The number of pyridine rings is 1. The van der Waals surface area contributed by atoms with E-state index in [-0.39, 0.29) is 0 Å². The summed E-state index contributed by atoms with van der Waals surface area (Å²) in [5.41, 5.74) is 2.36. The predicted molar refractivity (Wildman–Crippen MR) is 76.0 cm³/mol. The molecular formula is C15H13N3O. The van der Waals surface area contributed by atoms with Gasteiger partial charge in [0.1, 0.15) is 0 Å². The fourth-order valence-corrected chi connectivity index (χ4v) is 1.48. The first-order valence-electron chi connectivity index (χ1n) is 5.80. The van der Waals surface area contributed by atoms with Crippen molar-refractivity contribution >= 4 is 18.2 Å². The Hall–Kier alpha value is -2.75. The molecule has 4 heteroatoms. The molecule has 0 fully saturated rings. The van der Waals surface area contributed by atoms with Crippen LogP contribution in [0, 0.1) is 0 Å². The average Bonchev–Trinajstić information content (AvgIpc) is 2.71. The van der Waals surface area contributed by atoms with Crippen LogP contribution < -0.4 is 5.32 Å². The Morgan fingerprint density at radius 2 is 1.79 bits per heavy atom. The number of aliphatic imine (C=N–C) groups is 1. The van der Waals surface area contributed by atoms with Gasteiger partial charge in [-0.2, -0.15) is 0 Å². The van der Waals surface area contributed by atoms with Crippen molar-refractivity contribution in [3.8, 4) is 0 Å². The third kappa shape index (κ3) is 3.89. The van der Waals surface area contributed by atoms with Gasteiger partial charge >= 0.3 is 0 Å². The first-order valence-corrected chi connectivity index (χ1v) is 5.80. The van der Waals surface area contributed by atoms with Gasteiger partial charge in [-0.3, -0.25) is 14.8 Å². The minimum atomic E-state index is 0.473. The fourth-order valence-electron chi connectivity index (χ4n) is 1.48. The van der Waals surface area contributed by atoms with Crippen molar-refractivity contribution in [1.29, 1.82) is 0 Å². The molecule has 94 valence electrons. The van der Waals surface area contributed by atoms with E-state index in [0.717, 1.165) is 17.5 Å². The van der Waals surface area contributed by atoms with Crippen LogP contribution >= 0.6 is 0 Å². The van der Waals surface area contributed by atoms with Crippen molar-refractivity contribution in [3.63, 3.8) is 0 Å². The lowest BCUT2D eigenvalue weighted by atomic mass is 10.2. The number of nitrogens with one attached hydrogen (secondary N) is 1. The molecule has 0 aliphatic carbocycles. The second-order valence-electron chi connectivity index (χ2n) is 3.72. The molecule has 1 aliphatic heterocycles. The van der Waals surface area contributed by atoms with Crippen molar-refractivity contribution in [2.45, 2.75) is 0 Å². The van der Waals surface area contributed by atoms with Crippen LogP contribution in [0.2, 0.25) is 0 Å². The molecule has 0 amide bonds. The number of benzene rings is 1. The predicted octanol–water partition coefficient (Wildman–Crippen LogP) is 2.65. The highest BCUT2D eigenvalue weighted by molar-refractivity contribution is 5.92. The first kappa shape index (κ1) is 12.7. The van der Waals surface area contributed by atoms with Crippen LogP contribution in [-0.2, 0) is 4.79 Å². The molecule has 2 aromatic rings. The molecule has 0 saturated carbocycles. The number of allylic oxidation sites excluding steroid dienone is 1. The number of aldehydes is 1. The Bertz CT molecular complexity index is 565. The van der Waals surface area contributed by atoms with Crippen LogP contribution in [0.1, 0.15) is 5.56 Å². The zero-order valence-electron chi connectivity index (χ0n) is 10.2. The van der Waals surface area contributed by atoms with E-state index in [9.17, 15) is 4.79 Å². The molecule has 1 aromatic heterocycles. The molecular weight excluding hydrogens is 238 g/mol. The summed E-state index contributed by atoms with van der Waals surface area (Å²) in [6, 6.07) is 13.4. The SMILES string of the molecule is O=CC1=CN=Cc2ccccc2N1.c1ccncc1. The number of fused-ring (bicyclic) bond motifs is 1. The van der Waals surface area contributed by atoms with E-state index in [0.29, 0.717) is 5.70 Å². The van der Waals surface area contributed by atoms with Gasteiger partial charge in [0.2, 0.25) is 0 Å². The second kappa shape index (κ2) is 6.86. The van der Waals surface area contributed by atoms with Gasteiger partial charge in [0.15, 0.2) is 6.29 Å². The lowest BCUT2D eigenvalue weighted by molar-refractivity contribution is -0.104. The minimum absolute atomic E-state index is 0.473. The Kier molecular flexibility index (Phi) is 4.58. The number of carbonyl (C=O) groups is 1. The van der Waals surface area contributed by atoms with Gasteiger partial charge in [-0.1, -0.05) is 24.3 Å². The van der Waals surface area contributed by atoms with Crippen LogP contribution in [0.3, 0.4) is 0 Å². The summed E-state index contributed by atoms with van der Waals surface area (Å²) in [4.78, 5) is 18.3. The maximum atomic E-state index is 10.5. The summed E-state index contributed by atoms with van der Waals surface area (Å²) in [6.45, 7) is 0. The molecule has 0 saturated heterocycles. The Labute approximate surface area is 111 Å². The van der Waals surface area contributed by atoms with Crippen LogP contribution in [0.5, 0.6) is 0 Å². The Morgan fingerprint density at radius 1 is 1.00 bits per heavy atom. The van der Waals surface area contributed by atoms with Crippen molar-refractivity contribution < 1.29 is 4.79 Å². The lowest BCUT2D eigenvalue weighted by Gasteiger charge is -2.04. The highest BCUT2D eigenvalue weighted by atomic mass is 16.1. The quantitative estimate of drug-likeness (QED) is 0.793. The summed E-state index contributed by atoms with van der Waals surface area (Å²) in [5, 5.41) is 2.98. The Balaban J connectivity index is 0.000000186. The van der Waals surface area contributed by atoms with Crippen LogP contribution in [0.25, 0.3) is 0 Å². The minimum Gasteiger partial charge on any atom is -0.351 e. The molecule has 0 bridgehead atoms. The topological polar surface area (TPSA) is 54.4 Å². The van der Waals surface area contributed by atoms with E-state index in [1.54, 1.807) is 18.6 Å². The molecule has 1 aliphatic rings. The van der Waals surface area contributed by atoms with Gasteiger partial charge < -0.3 is 5.32 Å². The number of para-hydroxylation sites is 1. The molecule has 4 nitrogen and oxygen atoms in total. The third-order valence-electron chi connectivity index (χ3n) is 2.36. The maximum absolute atomic E-state index is 10.5. The smallest absolute Gasteiger partial charge is 0.167 e. The monoisotopic (exact) mass is 251 g/mol. The maximum Gasteiger partial charge on any atom is 0.167 e. The summed E-state index contributed by atoms with van der Waals surface area (Å²) in [5.74, 6) is 0. The number of carbonyl (C=O) groups excluding carboxylic acids is 1. The average molecular weight is 251 g/mol. The number of aromatic nitrogens is 1. The van der Waals surface area contributed by atoms with Crippen LogP contribution in [0.4, 0.5) is 5.69 Å². The standard InChI is InChI=1S/C10H8N2O.C5H5N/c13-7-9-6-11-5-8-3-1-2-4-10(8)12-9;1-2-4-6-5-3-1/h1-7,12H;1-5H. The van der Waals surface area contributed by atoms with Gasteiger partial charge in [-0.15, -0.1) is 0 Å². The normalized spacial score (nSPS) is 11.9. The molecule has 1 aromatic carbocycles. The molecule has 0 unspecified atom stereocenters. The first-order chi connectivity index (χ1) is 9.40. The number of anilines is 1. The second-order valence-corrected chi connectivity index (χ2v) is 3.72. The van der Waals surface area contributed by atoms with Gasteiger partial charge in [0.25, 0.3) is 0 Å². The summed E-state index contributed by atoms with van der Waals surface area (Å²) in [7, 11) is 0. The molecule has 0 atom stereocenters. The third-order valence-corrected chi connectivity index (χ3v) is 2.36. The van der Waals surface area contributed by atoms with E-state index in [2.05, 4.69) is 15.3 Å². The van der Waals surface area contributed by atoms with Crippen LogP contribution in [0.15, 0.2) is 71.7 Å². The van der Waals surface area contributed by atoms with E-state index >= 15 is 0 Å². The summed E-state index contributed by atoms with van der Waals surface area (Å²) < 4.78 is 0. The lowest BCUT2D eigenvalue weighted by Crippen LogP contribution is -2.00. The van der Waals surface area contributed by atoms with Crippen molar-refractivity contribution in [1.82, 2.24) is 4.98 Å². The number of hydrogen-bond acceptors (Lipinski definition) is 4. The number of nitrogens with zero attached hydrogens (tertiary/aromatic N) is 2. The van der Waals surface area contributed by atoms with Gasteiger partial charge in [0.05, 0.1) is 11.9 Å².